The average molecular weight is 382 g/mol. The summed E-state index contributed by atoms with van der Waals surface area (Å²) in [5.41, 5.74) is 2.36. The minimum Gasteiger partial charge on any atom is -0.478 e. The van der Waals surface area contributed by atoms with Crippen molar-refractivity contribution >= 4 is 31.7 Å². The summed E-state index contributed by atoms with van der Waals surface area (Å²) < 4.78 is 6.58. The van der Waals surface area contributed by atoms with Gasteiger partial charge in [-0.25, -0.2) is 9.78 Å². The number of carbonyl (C=O) groups is 1. The first-order valence-corrected chi connectivity index (χ1v) is 12.3. The van der Waals surface area contributed by atoms with Gasteiger partial charge in [0.2, 0.25) is 0 Å². The molecule has 4 nitrogen and oxygen atoms in total. The van der Waals surface area contributed by atoms with Gasteiger partial charge in [0.05, 0.1) is 16.8 Å². The van der Waals surface area contributed by atoms with Crippen molar-refractivity contribution in [1.29, 1.82) is 0 Å². The van der Waals surface area contributed by atoms with Gasteiger partial charge in [-0.1, -0.05) is 26.8 Å². The fraction of sp³-hybridized carbons (Fsp3) is 0.579. The Morgan fingerprint density at radius 2 is 2.00 bits per heavy atom. The highest BCUT2D eigenvalue weighted by Crippen LogP contribution is 2.38. The quantitative estimate of drug-likeness (QED) is 0.488. The summed E-state index contributed by atoms with van der Waals surface area (Å²) in [5.74, 6) is -0.886. The molecular weight excluding hydrogens is 350 g/mol. The first kappa shape index (κ1) is 21.8. The smallest absolute Gasteiger partial charge is 0.330 e. The van der Waals surface area contributed by atoms with Gasteiger partial charge in [0, 0.05) is 11.0 Å². The van der Waals surface area contributed by atoms with Gasteiger partial charge in [0.1, 0.15) is 0 Å². The van der Waals surface area contributed by atoms with Crippen molar-refractivity contribution in [2.24, 2.45) is 0 Å². The molecule has 0 aromatic carbocycles. The summed E-state index contributed by atoms with van der Waals surface area (Å²) in [4.78, 5) is 15.6. The molecule has 0 unspecified atom stereocenters. The Morgan fingerprint density at radius 1 is 1.40 bits per heavy atom. The molecule has 1 rings (SSSR count). The van der Waals surface area contributed by atoms with Crippen LogP contribution in [-0.4, -0.2) is 30.5 Å². The van der Waals surface area contributed by atoms with Gasteiger partial charge in [-0.3, -0.25) is 0 Å². The average Bonchev–Trinajstić information content (AvgIpc) is 2.86. The van der Waals surface area contributed by atoms with E-state index >= 15 is 0 Å². The lowest BCUT2D eigenvalue weighted by Gasteiger charge is -2.39. The molecule has 0 saturated carbocycles. The third-order valence-electron chi connectivity index (χ3n) is 4.74. The van der Waals surface area contributed by atoms with Gasteiger partial charge in [-0.2, -0.15) is 0 Å². The summed E-state index contributed by atoms with van der Waals surface area (Å²) in [5, 5.41) is 12.3. The highest BCUT2D eigenvalue weighted by atomic mass is 32.1. The van der Waals surface area contributed by atoms with E-state index in [9.17, 15) is 4.79 Å². The van der Waals surface area contributed by atoms with E-state index in [4.69, 9.17) is 9.53 Å². The second-order valence-corrected chi connectivity index (χ2v) is 13.8. The van der Waals surface area contributed by atoms with Crippen LogP contribution in [0, 0.1) is 6.92 Å². The number of thiazole rings is 1. The van der Waals surface area contributed by atoms with Gasteiger partial charge < -0.3 is 9.53 Å². The Bertz CT molecular complexity index is 668. The zero-order valence-corrected chi connectivity index (χ0v) is 18.5. The van der Waals surface area contributed by atoms with Crippen LogP contribution < -0.4 is 0 Å². The lowest BCUT2D eigenvalue weighted by Crippen LogP contribution is -2.44. The van der Waals surface area contributed by atoms with Crippen LogP contribution in [0.2, 0.25) is 18.1 Å². The summed E-state index contributed by atoms with van der Waals surface area (Å²) in [6.07, 6.45) is 4.21. The molecule has 0 radical (unpaired) electrons. The van der Waals surface area contributed by atoms with Crippen LogP contribution in [0.1, 0.15) is 51.7 Å². The molecule has 0 fully saturated rings. The van der Waals surface area contributed by atoms with Crippen LogP contribution in [0.25, 0.3) is 6.08 Å². The molecule has 0 saturated heterocycles. The molecule has 25 heavy (non-hydrogen) atoms. The number of aromatic nitrogens is 1. The predicted molar refractivity (Wildman–Crippen MR) is 109 cm³/mol. The Labute approximate surface area is 156 Å². The van der Waals surface area contributed by atoms with Gasteiger partial charge in [0.15, 0.2) is 8.32 Å². The van der Waals surface area contributed by atoms with E-state index in [0.29, 0.717) is 12.0 Å². The van der Waals surface area contributed by atoms with Crippen LogP contribution in [0.5, 0.6) is 0 Å². The molecule has 0 amide bonds. The molecule has 0 spiro atoms. The van der Waals surface area contributed by atoms with E-state index < -0.39 is 14.3 Å². The molecule has 0 bridgehead atoms. The second-order valence-electron chi connectivity index (χ2n) is 7.97. The second kappa shape index (κ2) is 8.43. The Hall–Kier alpha value is -1.24. The predicted octanol–water partition coefficient (Wildman–Crippen LogP) is 5.67. The summed E-state index contributed by atoms with van der Waals surface area (Å²) in [6.45, 7) is 16.7. The lowest BCUT2D eigenvalue weighted by atomic mass is 10.1. The monoisotopic (exact) mass is 381 g/mol. The molecule has 1 heterocycles. The molecule has 0 aliphatic carbocycles. The number of aliphatic carboxylic acids is 1. The highest BCUT2D eigenvalue weighted by molar-refractivity contribution is 7.09. The minimum atomic E-state index is -1.98. The summed E-state index contributed by atoms with van der Waals surface area (Å²) in [6, 6.07) is 0. The van der Waals surface area contributed by atoms with E-state index in [1.165, 1.54) is 0 Å². The molecule has 6 heteroatoms. The zero-order valence-electron chi connectivity index (χ0n) is 16.6. The summed E-state index contributed by atoms with van der Waals surface area (Å²) in [7, 11) is -1.98. The highest BCUT2D eigenvalue weighted by Gasteiger charge is 2.39. The molecule has 0 aliphatic rings. The normalized spacial score (nSPS) is 15.4. The fourth-order valence-corrected chi connectivity index (χ4v) is 3.92. The van der Waals surface area contributed by atoms with E-state index in [2.05, 4.69) is 38.8 Å². The summed E-state index contributed by atoms with van der Waals surface area (Å²) >= 11 is 1.62. The Kier molecular flexibility index (Phi) is 7.35. The zero-order chi connectivity index (χ0) is 19.4. The van der Waals surface area contributed by atoms with Gasteiger partial charge in [-0.15, -0.1) is 11.3 Å². The van der Waals surface area contributed by atoms with Gasteiger partial charge in [-0.05, 0) is 57.0 Å². The number of carboxylic acids is 1. The topological polar surface area (TPSA) is 59.4 Å². The maximum absolute atomic E-state index is 11.1. The minimum absolute atomic E-state index is 0.0916. The first-order chi connectivity index (χ1) is 11.3. The number of hydrogen-bond donors (Lipinski definition) is 1. The first-order valence-electron chi connectivity index (χ1n) is 8.51. The van der Waals surface area contributed by atoms with E-state index in [1.54, 1.807) is 24.3 Å². The van der Waals surface area contributed by atoms with Gasteiger partial charge in [0.25, 0.3) is 0 Å². The largest absolute Gasteiger partial charge is 0.478 e. The molecule has 1 N–H and O–H groups in total. The third kappa shape index (κ3) is 6.53. The molecule has 140 valence electrons. The number of carboxylic acid groups (broad SMARTS) is 1. The molecule has 0 aliphatic heterocycles. The Balaban J connectivity index is 3.11. The van der Waals surface area contributed by atoms with Crippen molar-refractivity contribution in [3.63, 3.8) is 0 Å². The lowest BCUT2D eigenvalue weighted by molar-refractivity contribution is -0.132. The SMILES string of the molecule is CC(=CC[C@H](O[Si](C)(C)C(C)(C)C)C(C)=Cc1csc(C)n1)C(=O)O. The number of aryl methyl sites for hydroxylation is 1. The van der Waals surface area contributed by atoms with Crippen LogP contribution in [0.4, 0.5) is 0 Å². The number of nitrogens with zero attached hydrogens (tertiary/aromatic N) is 1. The van der Waals surface area contributed by atoms with Crippen molar-refractivity contribution in [1.82, 2.24) is 4.98 Å². The van der Waals surface area contributed by atoms with Gasteiger partial charge >= 0.3 is 5.97 Å². The van der Waals surface area contributed by atoms with Crippen LogP contribution in [0.15, 0.2) is 22.6 Å². The van der Waals surface area contributed by atoms with Crippen molar-refractivity contribution in [2.75, 3.05) is 0 Å². The maximum atomic E-state index is 11.1. The maximum Gasteiger partial charge on any atom is 0.330 e. The molecule has 1 aromatic rings. The van der Waals surface area contributed by atoms with Crippen LogP contribution in [0.3, 0.4) is 0 Å². The molecular formula is C19H31NO3SSi. The van der Waals surface area contributed by atoms with Crippen molar-refractivity contribution in [2.45, 2.75) is 72.2 Å². The third-order valence-corrected chi connectivity index (χ3v) is 10.0. The van der Waals surface area contributed by atoms with Crippen LogP contribution >= 0.6 is 11.3 Å². The number of hydrogen-bond acceptors (Lipinski definition) is 4. The van der Waals surface area contributed by atoms with Crippen molar-refractivity contribution < 1.29 is 14.3 Å². The van der Waals surface area contributed by atoms with Crippen molar-refractivity contribution in [3.8, 4) is 0 Å². The Morgan fingerprint density at radius 3 is 2.44 bits per heavy atom. The van der Waals surface area contributed by atoms with E-state index in [1.807, 2.05) is 25.3 Å². The van der Waals surface area contributed by atoms with E-state index in [0.717, 1.165) is 16.3 Å². The fourth-order valence-electron chi connectivity index (χ4n) is 2.00. The standard InChI is InChI=1S/C19H31NO3SSi/c1-13(18(21)22)9-10-17(23-25(7,8)19(4,5)6)14(2)11-16-12-24-15(3)20-16/h9,11-12,17H,10H2,1-8H3,(H,21,22)/t17-/m0/s1. The molecule has 1 aromatic heterocycles. The van der Waals surface area contributed by atoms with Crippen molar-refractivity contribution in [3.05, 3.63) is 33.3 Å². The van der Waals surface area contributed by atoms with Crippen LogP contribution in [-0.2, 0) is 9.22 Å². The van der Waals surface area contributed by atoms with E-state index in [-0.39, 0.29) is 11.1 Å². The molecule has 1 atom stereocenters. The number of rotatable bonds is 7.